The van der Waals surface area contributed by atoms with E-state index in [0.29, 0.717) is 12.2 Å². The summed E-state index contributed by atoms with van der Waals surface area (Å²) in [4.78, 5) is 11.4. The lowest BCUT2D eigenvalue weighted by Crippen LogP contribution is -2.34. The average Bonchev–Trinajstić information content (AvgIpc) is 2.36. The average molecular weight is 289 g/mol. The summed E-state index contributed by atoms with van der Waals surface area (Å²) in [6.07, 6.45) is 2.25. The van der Waals surface area contributed by atoms with Gasteiger partial charge in [0.15, 0.2) is 0 Å². The molecule has 1 aromatic carbocycles. The smallest absolute Gasteiger partial charge is 0.341 e. The zero-order chi connectivity index (χ0) is 13.6. The largest absolute Gasteiger partial charge is 0.341 e. The lowest BCUT2D eigenvalue weighted by molar-refractivity contribution is -0.135. The first-order valence-corrected chi connectivity index (χ1v) is 8.05. The monoisotopic (exact) mass is 289 g/mol. The predicted octanol–water partition coefficient (Wildman–Crippen LogP) is 0.999. The molecule has 7 heteroatoms. The number of hydrogen-bond acceptors (Lipinski definition) is 6. The summed E-state index contributed by atoms with van der Waals surface area (Å²) in [7, 11) is -4.07. The molecule has 2 N–H and O–H groups in total. The molecule has 0 saturated carbocycles. The molecule has 1 atom stereocenters. The van der Waals surface area contributed by atoms with Crippen LogP contribution in [0.15, 0.2) is 35.2 Å². The van der Waals surface area contributed by atoms with E-state index in [2.05, 4.69) is 4.18 Å². The minimum atomic E-state index is -4.07. The fraction of sp³-hybridized carbons (Fsp3) is 0.364. The Labute approximate surface area is 111 Å². The maximum absolute atomic E-state index is 11.7. The molecule has 0 aliphatic carbocycles. The Balaban J connectivity index is 2.70. The first-order valence-electron chi connectivity index (χ1n) is 5.25. The van der Waals surface area contributed by atoms with Gasteiger partial charge in [-0.25, -0.2) is 4.79 Å². The minimum absolute atomic E-state index is 0.0598. The van der Waals surface area contributed by atoms with Crippen LogP contribution < -0.4 is 5.73 Å². The Morgan fingerprint density at radius 2 is 2.00 bits per heavy atom. The summed E-state index contributed by atoms with van der Waals surface area (Å²) in [5.41, 5.74) is 5.54. The van der Waals surface area contributed by atoms with Gasteiger partial charge in [-0.1, -0.05) is 18.2 Å². The molecule has 0 aromatic heterocycles. The molecule has 0 amide bonds. The van der Waals surface area contributed by atoms with Gasteiger partial charge < -0.3 is 9.92 Å². The van der Waals surface area contributed by atoms with Crippen molar-refractivity contribution in [1.29, 1.82) is 0 Å². The Morgan fingerprint density at radius 1 is 1.39 bits per heavy atom. The van der Waals surface area contributed by atoms with E-state index in [0.717, 1.165) is 0 Å². The van der Waals surface area contributed by atoms with Gasteiger partial charge in [0.2, 0.25) is 0 Å². The molecule has 1 rings (SSSR count). The lowest BCUT2D eigenvalue weighted by atomic mass is 10.2. The van der Waals surface area contributed by atoms with Crippen molar-refractivity contribution in [2.45, 2.75) is 17.4 Å². The Bertz CT molecular complexity index is 487. The van der Waals surface area contributed by atoms with Crippen molar-refractivity contribution in [2.75, 3.05) is 12.0 Å². The second kappa shape index (κ2) is 6.77. The van der Waals surface area contributed by atoms with Crippen molar-refractivity contribution in [3.05, 3.63) is 30.3 Å². The molecule has 0 heterocycles. The summed E-state index contributed by atoms with van der Waals surface area (Å²) in [5, 5.41) is 0. The molecule has 18 heavy (non-hydrogen) atoms. The molecule has 0 fully saturated rings. The molecular formula is C11H15NO4S2. The number of hydrogen-bond donors (Lipinski definition) is 1. The van der Waals surface area contributed by atoms with Crippen molar-refractivity contribution < 1.29 is 17.4 Å². The molecule has 5 nitrogen and oxygen atoms in total. The van der Waals surface area contributed by atoms with E-state index in [1.165, 1.54) is 23.9 Å². The molecule has 0 aliphatic rings. The van der Waals surface area contributed by atoms with Gasteiger partial charge >= 0.3 is 16.1 Å². The number of rotatable bonds is 6. The first-order chi connectivity index (χ1) is 8.47. The maximum atomic E-state index is 11.7. The highest BCUT2D eigenvalue weighted by Crippen LogP contribution is 2.12. The van der Waals surface area contributed by atoms with Crippen molar-refractivity contribution in [2.24, 2.45) is 5.73 Å². The van der Waals surface area contributed by atoms with Crippen LogP contribution in [0.4, 0.5) is 0 Å². The minimum Gasteiger partial charge on any atom is -0.341 e. The third-order valence-corrected chi connectivity index (χ3v) is 4.04. The summed E-state index contributed by atoms with van der Waals surface area (Å²) in [5.74, 6) is -0.255. The highest BCUT2D eigenvalue weighted by atomic mass is 32.2. The van der Waals surface area contributed by atoms with Crippen LogP contribution in [0.2, 0.25) is 0 Å². The second-order valence-electron chi connectivity index (χ2n) is 3.56. The fourth-order valence-electron chi connectivity index (χ4n) is 1.17. The van der Waals surface area contributed by atoms with Crippen LogP contribution in [-0.4, -0.2) is 32.4 Å². The number of nitrogens with two attached hydrogens (primary N) is 1. The van der Waals surface area contributed by atoms with E-state index >= 15 is 0 Å². The molecule has 0 unspecified atom stereocenters. The normalized spacial score (nSPS) is 13.0. The van der Waals surface area contributed by atoms with Gasteiger partial charge in [0.05, 0.1) is 0 Å². The van der Waals surface area contributed by atoms with Crippen LogP contribution in [0.3, 0.4) is 0 Å². The highest BCUT2D eigenvalue weighted by molar-refractivity contribution is 7.98. The molecule has 0 radical (unpaired) electrons. The number of carbonyl (C=O) groups excluding carboxylic acids is 1. The second-order valence-corrected chi connectivity index (χ2v) is 6.09. The molecule has 100 valence electrons. The van der Waals surface area contributed by atoms with E-state index in [1.807, 2.05) is 6.26 Å². The van der Waals surface area contributed by atoms with Crippen LogP contribution >= 0.6 is 11.8 Å². The van der Waals surface area contributed by atoms with Gasteiger partial charge in [0.25, 0.3) is 0 Å². The van der Waals surface area contributed by atoms with Crippen LogP contribution in [0.1, 0.15) is 6.42 Å². The summed E-state index contributed by atoms with van der Waals surface area (Å²) < 4.78 is 27.9. The molecule has 0 spiro atoms. The molecular weight excluding hydrogens is 274 g/mol. The van der Waals surface area contributed by atoms with E-state index in [9.17, 15) is 13.2 Å². The summed E-state index contributed by atoms with van der Waals surface area (Å²) in [6, 6.07) is 6.57. The van der Waals surface area contributed by atoms with E-state index < -0.39 is 22.1 Å². The first kappa shape index (κ1) is 15.0. The van der Waals surface area contributed by atoms with Crippen molar-refractivity contribution in [1.82, 2.24) is 0 Å². The summed E-state index contributed by atoms with van der Waals surface area (Å²) >= 11 is 1.52. The van der Waals surface area contributed by atoms with Crippen LogP contribution in [0.25, 0.3) is 0 Å². The molecule has 1 aromatic rings. The van der Waals surface area contributed by atoms with Crippen LogP contribution in [0.5, 0.6) is 0 Å². The van der Waals surface area contributed by atoms with Crippen molar-refractivity contribution in [3.8, 4) is 0 Å². The Hall–Kier alpha value is -1.05. The molecule has 0 bridgehead atoms. The van der Waals surface area contributed by atoms with Gasteiger partial charge in [-0.2, -0.15) is 20.2 Å². The maximum Gasteiger partial charge on any atom is 0.341 e. The quantitative estimate of drug-likeness (QED) is 0.786. The van der Waals surface area contributed by atoms with Gasteiger partial charge in [-0.3, -0.25) is 0 Å². The van der Waals surface area contributed by atoms with Gasteiger partial charge in [0.1, 0.15) is 10.9 Å². The molecule has 0 aliphatic heterocycles. The fourth-order valence-corrected chi connectivity index (χ4v) is 2.58. The third-order valence-electron chi connectivity index (χ3n) is 2.16. The zero-order valence-corrected chi connectivity index (χ0v) is 11.5. The molecule has 0 saturated heterocycles. The van der Waals surface area contributed by atoms with Crippen molar-refractivity contribution in [3.63, 3.8) is 0 Å². The highest BCUT2D eigenvalue weighted by Gasteiger charge is 2.24. The third kappa shape index (κ3) is 4.32. The van der Waals surface area contributed by atoms with E-state index in [4.69, 9.17) is 5.73 Å². The van der Waals surface area contributed by atoms with Gasteiger partial charge in [0, 0.05) is 0 Å². The van der Waals surface area contributed by atoms with Gasteiger partial charge in [-0.15, -0.1) is 0 Å². The standard InChI is InChI=1S/C11H15NO4S2/c1-17-8-7-10(12)11(13)16-18(14,15)9-5-3-2-4-6-9/h2-6,10H,7-8,12H2,1H3/t10-/m0/s1. The number of carbonyl (C=O) groups is 1. The SMILES string of the molecule is CSCC[C@H](N)C(=O)OS(=O)(=O)c1ccccc1. The Morgan fingerprint density at radius 3 is 2.56 bits per heavy atom. The zero-order valence-electron chi connectivity index (χ0n) is 9.91. The van der Waals surface area contributed by atoms with Crippen LogP contribution in [-0.2, 0) is 19.1 Å². The Kier molecular flexibility index (Phi) is 5.64. The number of benzene rings is 1. The lowest BCUT2D eigenvalue weighted by Gasteiger charge is -2.10. The topological polar surface area (TPSA) is 86.5 Å². The van der Waals surface area contributed by atoms with Crippen molar-refractivity contribution >= 4 is 27.8 Å². The number of thioether (sulfide) groups is 1. The van der Waals surface area contributed by atoms with E-state index in [1.54, 1.807) is 18.2 Å². The summed E-state index contributed by atoms with van der Waals surface area (Å²) in [6.45, 7) is 0. The predicted molar refractivity (Wildman–Crippen MR) is 70.7 cm³/mol. The van der Waals surface area contributed by atoms with Crippen LogP contribution in [0, 0.1) is 0 Å². The van der Waals surface area contributed by atoms with E-state index in [-0.39, 0.29) is 4.90 Å². The van der Waals surface area contributed by atoms with Gasteiger partial charge in [-0.05, 0) is 30.6 Å².